The number of anilines is 1. The van der Waals surface area contributed by atoms with Crippen LogP contribution in [0.5, 0.6) is 0 Å². The molecule has 3 rings (SSSR count). The molecule has 32 heavy (non-hydrogen) atoms. The molecule has 1 amide bonds. The first-order valence-corrected chi connectivity index (χ1v) is 11.0. The zero-order valence-corrected chi connectivity index (χ0v) is 18.7. The van der Waals surface area contributed by atoms with Crippen molar-refractivity contribution in [2.45, 2.75) is 24.8 Å². The van der Waals surface area contributed by atoms with Gasteiger partial charge in [-0.25, -0.2) is 22.2 Å². The number of rotatable bonds is 6. The summed E-state index contributed by atoms with van der Waals surface area (Å²) in [6, 6.07) is 9.26. The van der Waals surface area contributed by atoms with Crippen LogP contribution in [0.3, 0.4) is 0 Å². The summed E-state index contributed by atoms with van der Waals surface area (Å²) in [4.78, 5) is 37.4. The van der Waals surface area contributed by atoms with E-state index in [-0.39, 0.29) is 27.0 Å². The van der Waals surface area contributed by atoms with E-state index in [4.69, 9.17) is 0 Å². The van der Waals surface area contributed by atoms with Crippen molar-refractivity contribution in [3.63, 3.8) is 0 Å². The van der Waals surface area contributed by atoms with E-state index in [0.29, 0.717) is 5.56 Å². The fraction of sp³-hybridized carbons (Fsp3) is 0.238. The van der Waals surface area contributed by atoms with Gasteiger partial charge < -0.3 is 10.4 Å². The zero-order chi connectivity index (χ0) is 23.8. The summed E-state index contributed by atoms with van der Waals surface area (Å²) < 4.78 is 26.7. The van der Waals surface area contributed by atoms with Gasteiger partial charge in [0.05, 0.1) is 10.3 Å². The molecule has 10 nitrogen and oxygen atoms in total. The SMILES string of the molecule is Cc1ccc(S(=O)(=O)N(C)C)cc1NC(=O)C(C)n1nc(C(=O)O)c2ccccc2c1=O. The lowest BCUT2D eigenvalue weighted by molar-refractivity contribution is -0.119. The Morgan fingerprint density at radius 1 is 1.12 bits per heavy atom. The van der Waals surface area contributed by atoms with Crippen LogP contribution >= 0.6 is 0 Å². The van der Waals surface area contributed by atoms with Crippen LogP contribution in [0.2, 0.25) is 0 Å². The Hall–Kier alpha value is -3.57. The lowest BCUT2D eigenvalue weighted by Crippen LogP contribution is -2.35. The quantitative estimate of drug-likeness (QED) is 0.575. The number of hydrogen-bond donors (Lipinski definition) is 2. The van der Waals surface area contributed by atoms with Crippen LogP contribution < -0.4 is 10.9 Å². The lowest BCUT2D eigenvalue weighted by atomic mass is 10.1. The van der Waals surface area contributed by atoms with E-state index in [1.807, 2.05) is 0 Å². The molecule has 0 radical (unpaired) electrons. The second kappa shape index (κ2) is 8.52. The molecule has 0 aliphatic heterocycles. The van der Waals surface area contributed by atoms with Gasteiger partial charge in [-0.1, -0.05) is 24.3 Å². The molecule has 0 fully saturated rings. The maximum atomic E-state index is 12.9. The molecule has 1 unspecified atom stereocenters. The number of nitrogens with one attached hydrogen (secondary N) is 1. The van der Waals surface area contributed by atoms with Gasteiger partial charge in [-0.3, -0.25) is 9.59 Å². The van der Waals surface area contributed by atoms with E-state index in [2.05, 4.69) is 10.4 Å². The number of aromatic carboxylic acids is 1. The summed E-state index contributed by atoms with van der Waals surface area (Å²) in [5, 5.41) is 16.3. The molecule has 0 bridgehead atoms. The molecule has 2 N–H and O–H groups in total. The first-order valence-electron chi connectivity index (χ1n) is 9.54. The molecule has 1 atom stereocenters. The number of aromatic nitrogens is 2. The van der Waals surface area contributed by atoms with Crippen molar-refractivity contribution in [1.29, 1.82) is 0 Å². The van der Waals surface area contributed by atoms with Crippen molar-refractivity contribution < 1.29 is 23.1 Å². The third-order valence-corrected chi connectivity index (χ3v) is 6.83. The van der Waals surface area contributed by atoms with Crippen molar-refractivity contribution in [2.75, 3.05) is 19.4 Å². The predicted molar refractivity (Wildman–Crippen MR) is 118 cm³/mol. The lowest BCUT2D eigenvalue weighted by Gasteiger charge is -2.18. The van der Waals surface area contributed by atoms with Crippen LogP contribution in [0.4, 0.5) is 5.69 Å². The number of hydrogen-bond acceptors (Lipinski definition) is 6. The van der Waals surface area contributed by atoms with Crippen molar-refractivity contribution in [1.82, 2.24) is 14.1 Å². The van der Waals surface area contributed by atoms with E-state index < -0.39 is 33.5 Å². The minimum Gasteiger partial charge on any atom is -0.476 e. The van der Waals surface area contributed by atoms with Gasteiger partial charge in [0.25, 0.3) is 5.56 Å². The van der Waals surface area contributed by atoms with Crippen LogP contribution in [0, 0.1) is 6.92 Å². The molecule has 0 spiro atoms. The standard InChI is InChI=1S/C21H22N4O6S/c1-12-9-10-14(32(30,31)24(3)4)11-17(12)22-19(26)13(2)25-20(27)16-8-6-5-7-15(16)18(23-25)21(28)29/h5-11,13H,1-4H3,(H,22,26)(H,28,29). The molecule has 1 heterocycles. The Bertz CT molecular complexity index is 1400. The summed E-state index contributed by atoms with van der Waals surface area (Å²) in [5.74, 6) is -1.99. The largest absolute Gasteiger partial charge is 0.476 e. The smallest absolute Gasteiger partial charge is 0.357 e. The normalized spacial score (nSPS) is 12.7. The van der Waals surface area contributed by atoms with Gasteiger partial charge >= 0.3 is 5.97 Å². The maximum Gasteiger partial charge on any atom is 0.357 e. The second-order valence-corrected chi connectivity index (χ2v) is 9.53. The minimum absolute atomic E-state index is 0.00906. The van der Waals surface area contributed by atoms with Gasteiger partial charge in [0.2, 0.25) is 15.9 Å². The van der Waals surface area contributed by atoms with Crippen LogP contribution in [0.1, 0.15) is 29.0 Å². The number of sulfonamides is 1. The number of carboxylic acids is 1. The Labute approximate surface area is 184 Å². The molecule has 3 aromatic rings. The number of fused-ring (bicyclic) bond motifs is 1. The molecule has 11 heteroatoms. The van der Waals surface area contributed by atoms with E-state index in [1.54, 1.807) is 25.1 Å². The number of carbonyl (C=O) groups excluding carboxylic acids is 1. The van der Waals surface area contributed by atoms with Gasteiger partial charge in [0.1, 0.15) is 6.04 Å². The topological polar surface area (TPSA) is 139 Å². The highest BCUT2D eigenvalue weighted by atomic mass is 32.2. The van der Waals surface area contributed by atoms with Gasteiger partial charge in [-0.2, -0.15) is 5.10 Å². The highest BCUT2D eigenvalue weighted by molar-refractivity contribution is 7.89. The summed E-state index contributed by atoms with van der Waals surface area (Å²) in [7, 11) is -0.929. The first-order chi connectivity index (χ1) is 14.9. The van der Waals surface area contributed by atoms with Gasteiger partial charge in [0.15, 0.2) is 5.69 Å². The van der Waals surface area contributed by atoms with E-state index >= 15 is 0 Å². The van der Waals surface area contributed by atoms with E-state index in [0.717, 1.165) is 8.99 Å². The highest BCUT2D eigenvalue weighted by Crippen LogP contribution is 2.23. The van der Waals surface area contributed by atoms with Crippen LogP contribution in [0.15, 0.2) is 52.2 Å². The number of benzene rings is 2. The number of amides is 1. The molecule has 0 saturated heterocycles. The third-order valence-electron chi connectivity index (χ3n) is 5.02. The molecule has 2 aromatic carbocycles. The Morgan fingerprint density at radius 2 is 1.75 bits per heavy atom. The Kier molecular flexibility index (Phi) is 6.15. The monoisotopic (exact) mass is 458 g/mol. The average molecular weight is 458 g/mol. The van der Waals surface area contributed by atoms with Gasteiger partial charge in [-0.15, -0.1) is 0 Å². The summed E-state index contributed by atoms with van der Waals surface area (Å²) in [5.41, 5.74) is -0.116. The van der Waals surface area contributed by atoms with Crippen LogP contribution in [0.25, 0.3) is 10.8 Å². The minimum atomic E-state index is -3.72. The predicted octanol–water partition coefficient (Wildman–Crippen LogP) is 1.85. The number of aryl methyl sites for hydroxylation is 1. The van der Waals surface area contributed by atoms with E-state index in [1.165, 1.54) is 45.3 Å². The molecular weight excluding hydrogens is 436 g/mol. The fourth-order valence-corrected chi connectivity index (χ4v) is 4.01. The van der Waals surface area contributed by atoms with Crippen LogP contribution in [-0.4, -0.2) is 53.6 Å². The Morgan fingerprint density at radius 3 is 2.34 bits per heavy atom. The number of nitrogens with zero attached hydrogens (tertiary/aromatic N) is 3. The second-order valence-electron chi connectivity index (χ2n) is 7.38. The molecule has 1 aromatic heterocycles. The van der Waals surface area contributed by atoms with Crippen molar-refractivity contribution in [3.05, 3.63) is 64.1 Å². The summed E-state index contributed by atoms with van der Waals surface area (Å²) in [6.07, 6.45) is 0. The molecule has 0 aliphatic rings. The molecule has 168 valence electrons. The Balaban J connectivity index is 2.02. The maximum absolute atomic E-state index is 12.9. The van der Waals surface area contributed by atoms with Crippen molar-refractivity contribution >= 4 is 38.4 Å². The van der Waals surface area contributed by atoms with E-state index in [9.17, 15) is 27.9 Å². The van der Waals surface area contributed by atoms with Gasteiger partial charge in [0, 0.05) is 25.2 Å². The van der Waals surface area contributed by atoms with Gasteiger partial charge in [-0.05, 0) is 37.6 Å². The fourth-order valence-electron chi connectivity index (χ4n) is 3.08. The summed E-state index contributed by atoms with van der Waals surface area (Å²) in [6.45, 7) is 3.09. The number of carbonyl (C=O) groups is 2. The van der Waals surface area contributed by atoms with Crippen molar-refractivity contribution in [2.24, 2.45) is 0 Å². The average Bonchev–Trinajstić information content (AvgIpc) is 2.74. The third kappa shape index (κ3) is 4.12. The molecule has 0 saturated carbocycles. The van der Waals surface area contributed by atoms with Crippen molar-refractivity contribution in [3.8, 4) is 0 Å². The summed E-state index contributed by atoms with van der Waals surface area (Å²) >= 11 is 0. The molecule has 0 aliphatic carbocycles. The molecular formula is C21H22N4O6S. The first kappa shape index (κ1) is 23.1. The highest BCUT2D eigenvalue weighted by Gasteiger charge is 2.24. The number of carboxylic acid groups (broad SMARTS) is 1. The van der Waals surface area contributed by atoms with Crippen LogP contribution in [-0.2, 0) is 14.8 Å². The zero-order valence-electron chi connectivity index (χ0n) is 17.9.